The third-order valence-corrected chi connectivity index (χ3v) is 4.39. The SMILES string of the molecule is Cc1ccc(C(N)CCN(C)CC2CCN(C)C2)cc1. The third-order valence-electron chi connectivity index (χ3n) is 4.39. The van der Waals surface area contributed by atoms with E-state index < -0.39 is 0 Å². The summed E-state index contributed by atoms with van der Waals surface area (Å²) in [7, 11) is 4.44. The van der Waals surface area contributed by atoms with Gasteiger partial charge in [0, 0.05) is 19.1 Å². The summed E-state index contributed by atoms with van der Waals surface area (Å²) in [4.78, 5) is 4.87. The molecule has 0 bridgehead atoms. The van der Waals surface area contributed by atoms with E-state index >= 15 is 0 Å². The Morgan fingerprint density at radius 3 is 2.65 bits per heavy atom. The molecule has 1 saturated heterocycles. The van der Waals surface area contributed by atoms with Gasteiger partial charge in [-0.25, -0.2) is 0 Å². The highest BCUT2D eigenvalue weighted by Gasteiger charge is 2.20. The summed E-state index contributed by atoms with van der Waals surface area (Å²) in [6.07, 6.45) is 2.37. The summed E-state index contributed by atoms with van der Waals surface area (Å²) in [6.45, 7) is 6.89. The van der Waals surface area contributed by atoms with E-state index in [0.717, 1.165) is 18.9 Å². The van der Waals surface area contributed by atoms with E-state index in [4.69, 9.17) is 5.73 Å². The third kappa shape index (κ3) is 4.58. The first kappa shape index (κ1) is 15.5. The Bertz CT molecular complexity index is 401. The van der Waals surface area contributed by atoms with Gasteiger partial charge in [0.1, 0.15) is 0 Å². The van der Waals surface area contributed by atoms with Crippen molar-refractivity contribution in [1.82, 2.24) is 9.80 Å². The number of benzene rings is 1. The molecule has 1 heterocycles. The van der Waals surface area contributed by atoms with Crippen LogP contribution in [0.25, 0.3) is 0 Å². The lowest BCUT2D eigenvalue weighted by molar-refractivity contribution is 0.265. The van der Waals surface area contributed by atoms with Gasteiger partial charge in [0.2, 0.25) is 0 Å². The molecule has 1 aliphatic rings. The molecular weight excluding hydrogens is 246 g/mol. The first-order valence-electron chi connectivity index (χ1n) is 7.74. The van der Waals surface area contributed by atoms with Crippen LogP contribution in [0.2, 0.25) is 0 Å². The van der Waals surface area contributed by atoms with E-state index in [-0.39, 0.29) is 6.04 Å². The molecule has 1 aromatic carbocycles. The molecule has 2 unspecified atom stereocenters. The summed E-state index contributed by atoms with van der Waals surface area (Å²) in [5.41, 5.74) is 8.84. The summed E-state index contributed by atoms with van der Waals surface area (Å²) in [5, 5.41) is 0. The maximum atomic E-state index is 6.29. The van der Waals surface area contributed by atoms with Crippen molar-refractivity contribution in [3.05, 3.63) is 35.4 Å². The van der Waals surface area contributed by atoms with Gasteiger partial charge in [-0.1, -0.05) is 29.8 Å². The Hall–Kier alpha value is -0.900. The number of aryl methyl sites for hydroxylation is 1. The molecule has 1 fully saturated rings. The monoisotopic (exact) mass is 275 g/mol. The quantitative estimate of drug-likeness (QED) is 0.864. The molecular formula is C17H29N3. The van der Waals surface area contributed by atoms with Crippen molar-refractivity contribution in [2.45, 2.75) is 25.8 Å². The molecule has 20 heavy (non-hydrogen) atoms. The second kappa shape index (κ2) is 7.21. The number of nitrogens with two attached hydrogens (primary N) is 1. The lowest BCUT2D eigenvalue weighted by Gasteiger charge is -2.22. The van der Waals surface area contributed by atoms with Crippen molar-refractivity contribution in [2.75, 3.05) is 40.3 Å². The van der Waals surface area contributed by atoms with Crippen molar-refractivity contribution in [3.8, 4) is 0 Å². The van der Waals surface area contributed by atoms with E-state index in [1.165, 1.54) is 37.2 Å². The van der Waals surface area contributed by atoms with Crippen LogP contribution in [0.3, 0.4) is 0 Å². The number of likely N-dealkylation sites (tertiary alicyclic amines) is 1. The van der Waals surface area contributed by atoms with Gasteiger partial charge in [0.25, 0.3) is 0 Å². The topological polar surface area (TPSA) is 32.5 Å². The molecule has 0 spiro atoms. The van der Waals surface area contributed by atoms with E-state index in [1.807, 2.05) is 0 Å². The van der Waals surface area contributed by atoms with Crippen molar-refractivity contribution < 1.29 is 0 Å². The predicted molar refractivity (Wildman–Crippen MR) is 85.8 cm³/mol. The van der Waals surface area contributed by atoms with E-state index in [1.54, 1.807) is 0 Å². The maximum Gasteiger partial charge on any atom is 0.0307 e. The fourth-order valence-corrected chi connectivity index (χ4v) is 3.05. The smallest absolute Gasteiger partial charge is 0.0307 e. The van der Waals surface area contributed by atoms with Gasteiger partial charge >= 0.3 is 0 Å². The van der Waals surface area contributed by atoms with E-state index in [2.05, 4.69) is 55.1 Å². The van der Waals surface area contributed by atoms with E-state index in [0.29, 0.717) is 0 Å². The summed E-state index contributed by atoms with van der Waals surface area (Å²) in [5.74, 6) is 0.834. The van der Waals surface area contributed by atoms with Crippen LogP contribution in [-0.2, 0) is 0 Å². The number of hydrogen-bond donors (Lipinski definition) is 1. The highest BCUT2D eigenvalue weighted by atomic mass is 15.1. The van der Waals surface area contributed by atoms with Crippen LogP contribution in [0, 0.1) is 12.8 Å². The Labute approximate surface area is 123 Å². The second-order valence-electron chi connectivity index (χ2n) is 6.49. The van der Waals surface area contributed by atoms with Crippen molar-refractivity contribution in [1.29, 1.82) is 0 Å². The Balaban J connectivity index is 1.72. The van der Waals surface area contributed by atoms with Crippen LogP contribution in [0.4, 0.5) is 0 Å². The highest BCUT2D eigenvalue weighted by molar-refractivity contribution is 5.23. The van der Waals surface area contributed by atoms with Gasteiger partial charge in [0.15, 0.2) is 0 Å². The molecule has 2 N–H and O–H groups in total. The standard InChI is InChI=1S/C17H29N3/c1-14-4-6-16(7-5-14)17(18)9-11-20(3)13-15-8-10-19(2)12-15/h4-7,15,17H,8-13,18H2,1-3H3. The summed E-state index contributed by atoms with van der Waals surface area (Å²) < 4.78 is 0. The molecule has 3 heteroatoms. The zero-order valence-electron chi connectivity index (χ0n) is 13.2. The van der Waals surface area contributed by atoms with E-state index in [9.17, 15) is 0 Å². The van der Waals surface area contributed by atoms with Gasteiger partial charge in [-0.05, 0) is 58.4 Å². The van der Waals surface area contributed by atoms with Gasteiger partial charge in [-0.2, -0.15) is 0 Å². The van der Waals surface area contributed by atoms with Crippen LogP contribution in [0.1, 0.15) is 30.0 Å². The first-order chi connectivity index (χ1) is 9.54. The molecule has 1 aliphatic heterocycles. The average Bonchev–Trinajstić information content (AvgIpc) is 2.82. The average molecular weight is 275 g/mol. The van der Waals surface area contributed by atoms with Crippen molar-refractivity contribution in [3.63, 3.8) is 0 Å². The van der Waals surface area contributed by atoms with Gasteiger partial charge < -0.3 is 15.5 Å². The molecule has 0 aliphatic carbocycles. The zero-order valence-corrected chi connectivity index (χ0v) is 13.2. The predicted octanol–water partition coefficient (Wildman–Crippen LogP) is 2.27. The first-order valence-corrected chi connectivity index (χ1v) is 7.74. The molecule has 0 amide bonds. The molecule has 0 aromatic heterocycles. The number of rotatable bonds is 6. The van der Waals surface area contributed by atoms with Crippen molar-refractivity contribution >= 4 is 0 Å². The normalized spacial score (nSPS) is 21.6. The molecule has 3 nitrogen and oxygen atoms in total. The Morgan fingerprint density at radius 1 is 1.35 bits per heavy atom. The van der Waals surface area contributed by atoms with Gasteiger partial charge in [0.05, 0.1) is 0 Å². The number of hydrogen-bond acceptors (Lipinski definition) is 3. The minimum Gasteiger partial charge on any atom is -0.324 e. The highest BCUT2D eigenvalue weighted by Crippen LogP contribution is 2.17. The zero-order chi connectivity index (χ0) is 14.5. The minimum absolute atomic E-state index is 0.157. The largest absolute Gasteiger partial charge is 0.324 e. The molecule has 112 valence electrons. The maximum absolute atomic E-state index is 6.29. The van der Waals surface area contributed by atoms with Crippen LogP contribution < -0.4 is 5.73 Å². The lowest BCUT2D eigenvalue weighted by Crippen LogP contribution is -2.30. The number of nitrogens with zero attached hydrogens (tertiary/aromatic N) is 2. The minimum atomic E-state index is 0.157. The van der Waals surface area contributed by atoms with Crippen molar-refractivity contribution in [2.24, 2.45) is 11.7 Å². The van der Waals surface area contributed by atoms with Gasteiger partial charge in [-0.15, -0.1) is 0 Å². The molecule has 0 saturated carbocycles. The fraction of sp³-hybridized carbons (Fsp3) is 0.647. The van der Waals surface area contributed by atoms with Crippen LogP contribution >= 0.6 is 0 Å². The Kier molecular flexibility index (Phi) is 5.58. The lowest BCUT2D eigenvalue weighted by atomic mass is 10.0. The molecule has 1 aromatic rings. The van der Waals surface area contributed by atoms with Crippen LogP contribution in [0.15, 0.2) is 24.3 Å². The Morgan fingerprint density at radius 2 is 2.05 bits per heavy atom. The van der Waals surface area contributed by atoms with Crippen LogP contribution in [-0.4, -0.2) is 50.1 Å². The molecule has 2 rings (SSSR count). The van der Waals surface area contributed by atoms with Crippen LogP contribution in [0.5, 0.6) is 0 Å². The summed E-state index contributed by atoms with van der Waals surface area (Å²) in [6, 6.07) is 8.77. The van der Waals surface area contributed by atoms with Gasteiger partial charge in [-0.3, -0.25) is 0 Å². The molecule has 2 atom stereocenters. The second-order valence-corrected chi connectivity index (χ2v) is 6.49. The fourth-order valence-electron chi connectivity index (χ4n) is 3.05. The summed E-state index contributed by atoms with van der Waals surface area (Å²) >= 11 is 0. The molecule has 0 radical (unpaired) electrons.